The Hall–Kier alpha value is -3.36. The van der Waals surface area contributed by atoms with Gasteiger partial charge in [0.05, 0.1) is 4.92 Å². The smallest absolute Gasteiger partial charge is 0.270 e. The minimum absolute atomic E-state index is 0.0370. The summed E-state index contributed by atoms with van der Waals surface area (Å²) in [5.41, 5.74) is 1.52. The minimum Gasteiger partial charge on any atom is -0.356 e. The first-order valence-corrected chi connectivity index (χ1v) is 9.78. The Bertz CT molecular complexity index is 1030. The van der Waals surface area contributed by atoms with Gasteiger partial charge in [-0.3, -0.25) is 10.1 Å². The zero-order chi connectivity index (χ0) is 20.4. The Morgan fingerprint density at radius 2 is 2.00 bits per heavy atom. The van der Waals surface area contributed by atoms with Gasteiger partial charge in [-0.15, -0.1) is 10.2 Å². The van der Waals surface area contributed by atoms with E-state index in [1.165, 1.54) is 12.1 Å². The lowest BCUT2D eigenvalue weighted by Gasteiger charge is -2.32. The molecule has 0 atom stereocenters. The van der Waals surface area contributed by atoms with Crippen molar-refractivity contribution in [3.05, 3.63) is 58.3 Å². The van der Waals surface area contributed by atoms with E-state index in [1.54, 1.807) is 18.5 Å². The fraction of sp³-hybridized carbons (Fsp3) is 0.400. The van der Waals surface area contributed by atoms with Gasteiger partial charge >= 0.3 is 0 Å². The monoisotopic (exact) mass is 393 g/mol. The van der Waals surface area contributed by atoms with Gasteiger partial charge in [0.15, 0.2) is 5.82 Å². The maximum atomic E-state index is 11.1. The van der Waals surface area contributed by atoms with Gasteiger partial charge in [-0.05, 0) is 26.7 Å². The second-order valence-corrected chi connectivity index (χ2v) is 7.24. The van der Waals surface area contributed by atoms with E-state index >= 15 is 0 Å². The number of nitrogens with zero attached hydrogens (tertiary/aromatic N) is 7. The van der Waals surface area contributed by atoms with Crippen LogP contribution in [0.25, 0.3) is 11.4 Å². The SMILES string of the molecule is CCn1cnnc1C1CCN(c2cc(C)nc(-c3cccc([N+](=O)[O-])c3)n2)CC1. The van der Waals surface area contributed by atoms with Gasteiger partial charge in [-0.2, -0.15) is 0 Å². The van der Waals surface area contributed by atoms with Crippen LogP contribution < -0.4 is 4.90 Å². The number of nitro benzene ring substituents is 1. The summed E-state index contributed by atoms with van der Waals surface area (Å²) in [6.45, 7) is 6.63. The minimum atomic E-state index is -0.403. The molecule has 0 aliphatic carbocycles. The van der Waals surface area contributed by atoms with Crippen LogP contribution in [0.4, 0.5) is 11.5 Å². The first kappa shape index (κ1) is 19.0. The van der Waals surface area contributed by atoms with Gasteiger partial charge in [0, 0.05) is 55.0 Å². The van der Waals surface area contributed by atoms with E-state index in [2.05, 4.69) is 31.6 Å². The summed E-state index contributed by atoms with van der Waals surface area (Å²) in [5.74, 6) is 2.82. The summed E-state index contributed by atoms with van der Waals surface area (Å²) in [6.07, 6.45) is 3.75. The standard InChI is InChI=1S/C20H23N7O2/c1-3-25-13-21-24-20(25)15-7-9-26(10-8-15)18-11-14(2)22-19(23-18)16-5-4-6-17(12-16)27(28)29/h4-6,11-13,15H,3,7-10H2,1-2H3. The van der Waals surface area contributed by atoms with E-state index in [4.69, 9.17) is 4.98 Å². The van der Waals surface area contributed by atoms with E-state index in [0.717, 1.165) is 49.8 Å². The molecular weight excluding hydrogens is 370 g/mol. The Labute approximate surface area is 168 Å². The summed E-state index contributed by atoms with van der Waals surface area (Å²) in [7, 11) is 0. The number of hydrogen-bond acceptors (Lipinski definition) is 7. The first-order valence-electron chi connectivity index (χ1n) is 9.78. The number of piperidine rings is 1. The molecule has 0 amide bonds. The Morgan fingerprint density at radius 1 is 1.21 bits per heavy atom. The van der Waals surface area contributed by atoms with Gasteiger partial charge in [0.1, 0.15) is 18.0 Å². The molecule has 3 aromatic rings. The maximum Gasteiger partial charge on any atom is 0.270 e. The predicted octanol–water partition coefficient (Wildman–Crippen LogP) is 3.36. The largest absolute Gasteiger partial charge is 0.356 e. The van der Waals surface area contributed by atoms with Crippen molar-refractivity contribution in [2.75, 3.05) is 18.0 Å². The zero-order valence-corrected chi connectivity index (χ0v) is 16.5. The zero-order valence-electron chi connectivity index (χ0n) is 16.5. The lowest BCUT2D eigenvalue weighted by Crippen LogP contribution is -2.34. The van der Waals surface area contributed by atoms with Crippen molar-refractivity contribution in [3.8, 4) is 11.4 Å². The summed E-state index contributed by atoms with van der Waals surface area (Å²) in [6, 6.07) is 8.42. The summed E-state index contributed by atoms with van der Waals surface area (Å²) >= 11 is 0. The molecular formula is C20H23N7O2. The van der Waals surface area contributed by atoms with Crippen LogP contribution in [0.15, 0.2) is 36.7 Å². The van der Waals surface area contributed by atoms with Crippen LogP contribution in [-0.4, -0.2) is 42.7 Å². The van der Waals surface area contributed by atoms with Crippen LogP contribution in [-0.2, 0) is 6.54 Å². The van der Waals surface area contributed by atoms with Crippen molar-refractivity contribution in [2.45, 2.75) is 39.2 Å². The van der Waals surface area contributed by atoms with E-state index in [-0.39, 0.29) is 5.69 Å². The molecule has 0 N–H and O–H groups in total. The number of rotatable bonds is 5. The summed E-state index contributed by atoms with van der Waals surface area (Å²) in [4.78, 5) is 22.1. The fourth-order valence-corrected chi connectivity index (χ4v) is 3.79. The normalized spacial score (nSPS) is 14.9. The third-order valence-electron chi connectivity index (χ3n) is 5.33. The third kappa shape index (κ3) is 3.94. The number of benzene rings is 1. The van der Waals surface area contributed by atoms with Crippen LogP contribution in [0.1, 0.15) is 37.2 Å². The van der Waals surface area contributed by atoms with Gasteiger partial charge in [-0.25, -0.2) is 9.97 Å². The third-order valence-corrected chi connectivity index (χ3v) is 5.33. The van der Waals surface area contributed by atoms with E-state index in [0.29, 0.717) is 17.3 Å². The highest BCUT2D eigenvalue weighted by molar-refractivity contribution is 5.61. The summed E-state index contributed by atoms with van der Waals surface area (Å²) in [5, 5.41) is 19.4. The van der Waals surface area contributed by atoms with Crippen molar-refractivity contribution >= 4 is 11.5 Å². The van der Waals surface area contributed by atoms with Crippen molar-refractivity contribution in [3.63, 3.8) is 0 Å². The highest BCUT2D eigenvalue weighted by Gasteiger charge is 2.25. The molecule has 3 heterocycles. The number of anilines is 1. The fourth-order valence-electron chi connectivity index (χ4n) is 3.79. The molecule has 0 unspecified atom stereocenters. The van der Waals surface area contributed by atoms with Crippen LogP contribution >= 0.6 is 0 Å². The summed E-state index contributed by atoms with van der Waals surface area (Å²) < 4.78 is 2.11. The van der Waals surface area contributed by atoms with E-state index < -0.39 is 4.92 Å². The second-order valence-electron chi connectivity index (χ2n) is 7.24. The lowest BCUT2D eigenvalue weighted by molar-refractivity contribution is -0.384. The molecule has 4 rings (SSSR count). The Kier molecular flexibility index (Phi) is 5.20. The molecule has 0 saturated carbocycles. The maximum absolute atomic E-state index is 11.1. The predicted molar refractivity (Wildman–Crippen MR) is 109 cm³/mol. The first-order chi connectivity index (χ1) is 14.0. The van der Waals surface area contributed by atoms with Crippen molar-refractivity contribution in [1.29, 1.82) is 0 Å². The number of aryl methyl sites for hydroxylation is 2. The van der Waals surface area contributed by atoms with Crippen molar-refractivity contribution in [1.82, 2.24) is 24.7 Å². The Balaban J connectivity index is 1.54. The molecule has 9 heteroatoms. The van der Waals surface area contributed by atoms with Crippen LogP contribution in [0.2, 0.25) is 0 Å². The van der Waals surface area contributed by atoms with Crippen molar-refractivity contribution < 1.29 is 4.92 Å². The molecule has 0 radical (unpaired) electrons. The molecule has 1 saturated heterocycles. The van der Waals surface area contributed by atoms with Crippen LogP contribution in [0.5, 0.6) is 0 Å². The van der Waals surface area contributed by atoms with Gasteiger partial charge in [0.2, 0.25) is 0 Å². The molecule has 1 aliphatic rings. The average Bonchev–Trinajstić information content (AvgIpc) is 3.22. The molecule has 150 valence electrons. The molecule has 9 nitrogen and oxygen atoms in total. The highest BCUT2D eigenvalue weighted by atomic mass is 16.6. The van der Waals surface area contributed by atoms with E-state index in [1.807, 2.05) is 13.0 Å². The molecule has 2 aromatic heterocycles. The van der Waals surface area contributed by atoms with Gasteiger partial charge < -0.3 is 9.47 Å². The average molecular weight is 393 g/mol. The molecule has 1 aromatic carbocycles. The van der Waals surface area contributed by atoms with Gasteiger partial charge in [-0.1, -0.05) is 12.1 Å². The van der Waals surface area contributed by atoms with Crippen LogP contribution in [0.3, 0.4) is 0 Å². The topological polar surface area (TPSA) is 103 Å². The Morgan fingerprint density at radius 3 is 2.72 bits per heavy atom. The second kappa shape index (κ2) is 7.94. The van der Waals surface area contributed by atoms with Crippen LogP contribution in [0, 0.1) is 17.0 Å². The molecule has 0 spiro atoms. The number of hydrogen-bond donors (Lipinski definition) is 0. The number of nitro groups is 1. The molecule has 1 fully saturated rings. The molecule has 1 aliphatic heterocycles. The van der Waals surface area contributed by atoms with Crippen molar-refractivity contribution in [2.24, 2.45) is 0 Å². The van der Waals surface area contributed by atoms with Gasteiger partial charge in [0.25, 0.3) is 5.69 Å². The molecule has 0 bridgehead atoms. The van der Waals surface area contributed by atoms with E-state index in [9.17, 15) is 10.1 Å². The lowest BCUT2D eigenvalue weighted by atomic mass is 9.96. The highest BCUT2D eigenvalue weighted by Crippen LogP contribution is 2.30. The number of non-ortho nitro benzene ring substituents is 1. The molecule has 29 heavy (non-hydrogen) atoms. The quantitative estimate of drug-likeness (QED) is 0.484. The number of aromatic nitrogens is 5.